The minimum Gasteiger partial charge on any atom is -0.491 e. The molecule has 7 heteroatoms. The molecule has 6 nitrogen and oxygen atoms in total. The number of nitrogens with one attached hydrogen (secondary N) is 1. The van der Waals surface area contributed by atoms with Gasteiger partial charge in [0.05, 0.1) is 11.9 Å². The van der Waals surface area contributed by atoms with Crippen LogP contribution in [0, 0.1) is 0 Å². The Morgan fingerprint density at radius 2 is 1.95 bits per heavy atom. The second-order valence-electron chi connectivity index (χ2n) is 4.98. The fraction of sp³-hybridized carbons (Fsp3) is 0.538. The Morgan fingerprint density at radius 3 is 2.50 bits per heavy atom. The second-order valence-corrected chi connectivity index (χ2v) is 7.28. The molecular weight excluding hydrogens is 278 g/mol. The number of nitrogen functional groups attached to an aromatic ring is 1. The maximum atomic E-state index is 11.6. The Labute approximate surface area is 121 Å². The summed E-state index contributed by atoms with van der Waals surface area (Å²) in [6.45, 7) is 4.17. The summed E-state index contributed by atoms with van der Waals surface area (Å²) in [5.41, 5.74) is 7.11. The van der Waals surface area contributed by atoms with E-state index in [-0.39, 0.29) is 11.9 Å². The van der Waals surface area contributed by atoms with Gasteiger partial charge in [0.2, 0.25) is 10.0 Å². The Hall–Kier alpha value is -1.47. The monoisotopic (exact) mass is 301 g/mol. The Balaban J connectivity index is 2.67. The van der Waals surface area contributed by atoms with Gasteiger partial charge in [-0.05, 0) is 19.9 Å². The summed E-state index contributed by atoms with van der Waals surface area (Å²) >= 11 is 0. The molecule has 0 heterocycles. The fourth-order valence-electron chi connectivity index (χ4n) is 1.57. The summed E-state index contributed by atoms with van der Waals surface area (Å²) in [7, 11) is -0.163. The van der Waals surface area contributed by atoms with Gasteiger partial charge >= 0.3 is 0 Å². The zero-order valence-electron chi connectivity index (χ0n) is 12.4. The molecule has 1 rings (SSSR count). The summed E-state index contributed by atoms with van der Waals surface area (Å²) in [5.74, 6) is 0.688. The number of anilines is 2. The SMILES string of the molecule is CC(C)Oc1cc(N)cc(NCCS(=O)(=O)N(C)C)c1. The minimum atomic E-state index is -3.20. The van der Waals surface area contributed by atoms with Gasteiger partial charge < -0.3 is 15.8 Å². The molecule has 0 amide bonds. The van der Waals surface area contributed by atoms with Crippen LogP contribution in [0.1, 0.15) is 13.8 Å². The van der Waals surface area contributed by atoms with Crippen LogP contribution >= 0.6 is 0 Å². The first-order valence-electron chi connectivity index (χ1n) is 6.42. The van der Waals surface area contributed by atoms with E-state index in [9.17, 15) is 8.42 Å². The van der Waals surface area contributed by atoms with Crippen molar-refractivity contribution in [2.75, 3.05) is 37.4 Å². The van der Waals surface area contributed by atoms with Crippen molar-refractivity contribution in [3.8, 4) is 5.75 Å². The van der Waals surface area contributed by atoms with E-state index in [1.165, 1.54) is 18.4 Å². The van der Waals surface area contributed by atoms with Crippen LogP contribution in [-0.4, -0.2) is 45.2 Å². The van der Waals surface area contributed by atoms with E-state index in [1.807, 2.05) is 13.8 Å². The van der Waals surface area contributed by atoms with Crippen molar-refractivity contribution in [3.63, 3.8) is 0 Å². The molecule has 114 valence electrons. The number of nitrogens with two attached hydrogens (primary N) is 1. The van der Waals surface area contributed by atoms with Crippen LogP contribution in [0.3, 0.4) is 0 Å². The summed E-state index contributed by atoms with van der Waals surface area (Å²) in [4.78, 5) is 0. The van der Waals surface area contributed by atoms with E-state index in [4.69, 9.17) is 10.5 Å². The molecule has 1 aromatic carbocycles. The van der Waals surface area contributed by atoms with Gasteiger partial charge in [0.15, 0.2) is 0 Å². The number of benzene rings is 1. The van der Waals surface area contributed by atoms with Crippen molar-refractivity contribution in [1.82, 2.24) is 4.31 Å². The highest BCUT2D eigenvalue weighted by Gasteiger charge is 2.12. The highest BCUT2D eigenvalue weighted by molar-refractivity contribution is 7.89. The first-order valence-corrected chi connectivity index (χ1v) is 8.03. The molecule has 0 atom stereocenters. The van der Waals surface area contributed by atoms with Crippen molar-refractivity contribution in [2.24, 2.45) is 0 Å². The molecule has 0 saturated carbocycles. The molecular formula is C13H23N3O3S. The summed E-state index contributed by atoms with van der Waals surface area (Å²) in [6.07, 6.45) is 0.0544. The molecule has 1 aromatic rings. The fourth-order valence-corrected chi connectivity index (χ4v) is 2.30. The molecule has 0 radical (unpaired) electrons. The number of nitrogens with zero attached hydrogens (tertiary/aromatic N) is 1. The molecule has 3 N–H and O–H groups in total. The first kappa shape index (κ1) is 16.6. The second kappa shape index (κ2) is 6.81. The van der Waals surface area contributed by atoms with E-state index < -0.39 is 10.0 Å². The third-order valence-corrected chi connectivity index (χ3v) is 4.38. The Morgan fingerprint density at radius 1 is 1.30 bits per heavy atom. The minimum absolute atomic E-state index is 0.0230. The van der Waals surface area contributed by atoms with Crippen molar-refractivity contribution in [1.29, 1.82) is 0 Å². The van der Waals surface area contributed by atoms with Gasteiger partial charge in [0, 0.05) is 44.1 Å². The molecule has 0 unspecified atom stereocenters. The summed E-state index contributed by atoms with van der Waals surface area (Å²) < 4.78 is 30.1. The van der Waals surface area contributed by atoms with E-state index in [0.717, 1.165) is 5.69 Å². The third-order valence-electron chi connectivity index (χ3n) is 2.55. The highest BCUT2D eigenvalue weighted by Crippen LogP contribution is 2.23. The average molecular weight is 301 g/mol. The summed E-state index contributed by atoms with van der Waals surface area (Å²) in [5, 5.41) is 3.04. The van der Waals surface area contributed by atoms with Gasteiger partial charge in [0.1, 0.15) is 5.75 Å². The quantitative estimate of drug-likeness (QED) is 0.743. The van der Waals surface area contributed by atoms with Crippen LogP contribution in [0.15, 0.2) is 18.2 Å². The van der Waals surface area contributed by atoms with Gasteiger partial charge in [-0.25, -0.2) is 12.7 Å². The number of hydrogen-bond acceptors (Lipinski definition) is 5. The molecule has 0 aliphatic heterocycles. The smallest absolute Gasteiger partial charge is 0.215 e. The van der Waals surface area contributed by atoms with Crippen LogP contribution in [-0.2, 0) is 10.0 Å². The number of rotatable bonds is 7. The van der Waals surface area contributed by atoms with E-state index in [2.05, 4.69) is 5.32 Å². The predicted octanol–water partition coefficient (Wildman–Crippen LogP) is 1.36. The Bertz CT molecular complexity index is 542. The average Bonchev–Trinajstić information content (AvgIpc) is 2.26. The Kier molecular flexibility index (Phi) is 5.64. The lowest BCUT2D eigenvalue weighted by molar-refractivity contribution is 0.242. The van der Waals surface area contributed by atoms with Crippen LogP contribution < -0.4 is 15.8 Å². The molecule has 0 spiro atoms. The molecule has 0 aliphatic rings. The van der Waals surface area contributed by atoms with Gasteiger partial charge in [-0.15, -0.1) is 0 Å². The molecule has 0 bridgehead atoms. The number of hydrogen-bond donors (Lipinski definition) is 2. The molecule has 0 aliphatic carbocycles. The largest absolute Gasteiger partial charge is 0.491 e. The van der Waals surface area contributed by atoms with Crippen molar-refractivity contribution < 1.29 is 13.2 Å². The molecule has 0 aromatic heterocycles. The van der Waals surface area contributed by atoms with Gasteiger partial charge in [-0.2, -0.15) is 0 Å². The molecule has 0 fully saturated rings. The van der Waals surface area contributed by atoms with Crippen molar-refractivity contribution >= 4 is 21.4 Å². The zero-order chi connectivity index (χ0) is 15.3. The lowest BCUT2D eigenvalue weighted by atomic mass is 10.2. The van der Waals surface area contributed by atoms with Crippen LogP contribution in [0.25, 0.3) is 0 Å². The van der Waals surface area contributed by atoms with Gasteiger partial charge in [-0.1, -0.05) is 0 Å². The lowest BCUT2D eigenvalue weighted by Crippen LogP contribution is -2.28. The number of sulfonamides is 1. The van der Waals surface area contributed by atoms with Crippen molar-refractivity contribution in [3.05, 3.63) is 18.2 Å². The predicted molar refractivity (Wildman–Crippen MR) is 82.6 cm³/mol. The highest BCUT2D eigenvalue weighted by atomic mass is 32.2. The molecule has 0 saturated heterocycles. The standard InChI is InChI=1S/C13H23N3O3S/c1-10(2)19-13-8-11(14)7-12(9-13)15-5-6-20(17,18)16(3)4/h7-10,15H,5-6,14H2,1-4H3. The van der Waals surface area contributed by atoms with E-state index >= 15 is 0 Å². The zero-order valence-corrected chi connectivity index (χ0v) is 13.2. The molecule has 20 heavy (non-hydrogen) atoms. The third kappa shape index (κ3) is 5.26. The maximum Gasteiger partial charge on any atom is 0.215 e. The van der Waals surface area contributed by atoms with Gasteiger partial charge in [-0.3, -0.25) is 0 Å². The van der Waals surface area contributed by atoms with Crippen molar-refractivity contribution in [2.45, 2.75) is 20.0 Å². The maximum absolute atomic E-state index is 11.6. The van der Waals surface area contributed by atoms with E-state index in [0.29, 0.717) is 18.0 Å². The van der Waals surface area contributed by atoms with E-state index in [1.54, 1.807) is 18.2 Å². The van der Waals surface area contributed by atoms with Crippen LogP contribution in [0.2, 0.25) is 0 Å². The van der Waals surface area contributed by atoms with Crippen LogP contribution in [0.4, 0.5) is 11.4 Å². The summed E-state index contributed by atoms with van der Waals surface area (Å²) in [6, 6.07) is 5.29. The lowest BCUT2D eigenvalue weighted by Gasteiger charge is -2.14. The van der Waals surface area contributed by atoms with Crippen LogP contribution in [0.5, 0.6) is 5.75 Å². The normalized spacial score (nSPS) is 11.9. The number of ether oxygens (including phenoxy) is 1. The van der Waals surface area contributed by atoms with Gasteiger partial charge in [0.25, 0.3) is 0 Å². The first-order chi connectivity index (χ1) is 9.20. The topological polar surface area (TPSA) is 84.7 Å².